The molecule has 0 heterocycles. The van der Waals surface area contributed by atoms with E-state index in [0.717, 1.165) is 12.1 Å². The van der Waals surface area contributed by atoms with Gasteiger partial charge in [-0.15, -0.1) is 0 Å². The van der Waals surface area contributed by atoms with E-state index in [2.05, 4.69) is 10.2 Å². The number of rotatable bonds is 10. The van der Waals surface area contributed by atoms with E-state index in [1.165, 1.54) is 50.5 Å². The summed E-state index contributed by atoms with van der Waals surface area (Å²) in [6, 6.07) is 13.2. The molecule has 0 bridgehead atoms. The molecule has 3 aromatic carbocycles. The highest BCUT2D eigenvalue weighted by molar-refractivity contribution is 7.89. The second-order valence-electron chi connectivity index (χ2n) is 7.78. The lowest BCUT2D eigenvalue weighted by Gasteiger charge is -2.05. The lowest BCUT2D eigenvalue weighted by molar-refractivity contribution is -0.385. The molecule has 16 heteroatoms. The number of hydrazone groups is 2. The van der Waals surface area contributed by atoms with Gasteiger partial charge in [-0.1, -0.05) is 36.4 Å². The maximum absolute atomic E-state index is 12.4. The molecule has 0 aromatic heterocycles. The third kappa shape index (κ3) is 6.74. The number of sulfonamides is 2. The van der Waals surface area contributed by atoms with E-state index in [9.17, 15) is 37.1 Å². The van der Waals surface area contributed by atoms with Gasteiger partial charge >= 0.3 is 0 Å². The van der Waals surface area contributed by atoms with Crippen molar-refractivity contribution in [2.24, 2.45) is 10.2 Å². The molecule has 38 heavy (non-hydrogen) atoms. The third-order valence-corrected chi connectivity index (χ3v) is 7.53. The van der Waals surface area contributed by atoms with Crippen molar-refractivity contribution in [3.05, 3.63) is 103 Å². The van der Waals surface area contributed by atoms with E-state index in [0.29, 0.717) is 22.3 Å². The quantitative estimate of drug-likeness (QED) is 0.214. The molecule has 3 rings (SSSR count). The molecule has 0 atom stereocenters. The van der Waals surface area contributed by atoms with Crippen LogP contribution in [0.25, 0.3) is 0 Å². The van der Waals surface area contributed by atoms with E-state index < -0.39 is 29.9 Å². The van der Waals surface area contributed by atoms with Crippen LogP contribution in [0, 0.1) is 34.1 Å². The third-order valence-electron chi connectivity index (χ3n) is 5.08. The smallest absolute Gasteiger partial charge is 0.258 e. The predicted molar refractivity (Wildman–Crippen MR) is 138 cm³/mol. The van der Waals surface area contributed by atoms with Gasteiger partial charge in [-0.3, -0.25) is 20.2 Å². The highest BCUT2D eigenvalue weighted by Gasteiger charge is 2.20. The van der Waals surface area contributed by atoms with Gasteiger partial charge in [0.25, 0.3) is 31.4 Å². The Balaban J connectivity index is 1.64. The van der Waals surface area contributed by atoms with Crippen molar-refractivity contribution in [1.82, 2.24) is 9.66 Å². The second-order valence-corrected chi connectivity index (χ2v) is 11.1. The van der Waals surface area contributed by atoms with Gasteiger partial charge in [0, 0.05) is 23.3 Å². The first-order valence-corrected chi connectivity index (χ1v) is 13.5. The van der Waals surface area contributed by atoms with E-state index in [-0.39, 0.29) is 21.2 Å². The van der Waals surface area contributed by atoms with Crippen LogP contribution in [0.1, 0.15) is 22.3 Å². The van der Waals surface area contributed by atoms with Crippen LogP contribution < -0.4 is 9.66 Å². The standard InChI is InChI=1S/C22H20N6O8S2/c1-15-3-9-19(11-21(15)27(29)30)37(33,34)25-23-13-17-5-7-18(8-6-17)14-24-26-38(35,36)20-10-4-16(2)22(12-20)28(31)32/h3-14,25-26H,1-2H3/b23-13-,24-14-. The molecule has 0 unspecified atom stereocenters. The van der Waals surface area contributed by atoms with Crippen molar-refractivity contribution in [2.75, 3.05) is 0 Å². The molecule has 0 aliphatic carbocycles. The average molecular weight is 561 g/mol. The lowest BCUT2D eigenvalue weighted by Crippen LogP contribution is -2.18. The molecule has 0 radical (unpaired) electrons. The minimum absolute atomic E-state index is 0.313. The first-order valence-electron chi connectivity index (χ1n) is 10.5. The number of nitrogens with one attached hydrogen (secondary N) is 2. The molecule has 0 amide bonds. The monoisotopic (exact) mass is 560 g/mol. The highest BCUT2D eigenvalue weighted by Crippen LogP contribution is 2.23. The maximum Gasteiger partial charge on any atom is 0.276 e. The largest absolute Gasteiger partial charge is 0.276 e. The Morgan fingerprint density at radius 3 is 1.32 bits per heavy atom. The minimum atomic E-state index is -4.15. The summed E-state index contributed by atoms with van der Waals surface area (Å²) in [6.07, 6.45) is 2.40. The number of nitro benzene ring substituents is 2. The number of aryl methyl sites for hydroxylation is 2. The summed E-state index contributed by atoms with van der Waals surface area (Å²) in [7, 11) is -8.29. The van der Waals surface area contributed by atoms with Crippen LogP contribution in [-0.2, 0) is 20.0 Å². The first-order chi connectivity index (χ1) is 17.8. The molecular formula is C22H20N6O8S2. The fraction of sp³-hybridized carbons (Fsp3) is 0.0909. The molecule has 0 aliphatic rings. The number of benzene rings is 3. The van der Waals surface area contributed by atoms with Crippen molar-refractivity contribution >= 4 is 43.9 Å². The normalized spacial score (nSPS) is 12.1. The highest BCUT2D eigenvalue weighted by atomic mass is 32.2. The van der Waals surface area contributed by atoms with Gasteiger partial charge in [0.15, 0.2) is 0 Å². The van der Waals surface area contributed by atoms with Crippen LogP contribution in [-0.4, -0.2) is 39.1 Å². The summed E-state index contributed by atoms with van der Waals surface area (Å²) >= 11 is 0. The van der Waals surface area contributed by atoms with E-state index in [1.807, 2.05) is 9.66 Å². The molecule has 0 fully saturated rings. The number of nitrogens with zero attached hydrogens (tertiary/aromatic N) is 4. The summed E-state index contributed by atoms with van der Waals surface area (Å²) in [5, 5.41) is 29.4. The summed E-state index contributed by atoms with van der Waals surface area (Å²) < 4.78 is 49.5. The summed E-state index contributed by atoms with van der Waals surface area (Å²) in [4.78, 5) is 24.1. The number of hydrogen-bond donors (Lipinski definition) is 2. The molecule has 198 valence electrons. The minimum Gasteiger partial charge on any atom is -0.258 e. The van der Waals surface area contributed by atoms with Gasteiger partial charge < -0.3 is 0 Å². The molecule has 0 aliphatic heterocycles. The Morgan fingerprint density at radius 1 is 0.658 bits per heavy atom. The fourth-order valence-electron chi connectivity index (χ4n) is 3.02. The number of nitro groups is 2. The van der Waals surface area contributed by atoms with Gasteiger partial charge in [-0.25, -0.2) is 9.66 Å². The van der Waals surface area contributed by atoms with E-state index in [4.69, 9.17) is 0 Å². The molecule has 0 saturated heterocycles. The van der Waals surface area contributed by atoms with Gasteiger partial charge in [-0.2, -0.15) is 27.0 Å². The zero-order chi connectivity index (χ0) is 28.1. The lowest BCUT2D eigenvalue weighted by atomic mass is 10.2. The Bertz CT molecular complexity index is 1540. The number of hydrogen-bond acceptors (Lipinski definition) is 10. The molecule has 0 spiro atoms. The van der Waals surface area contributed by atoms with Crippen LogP contribution in [0.2, 0.25) is 0 Å². The van der Waals surface area contributed by atoms with Gasteiger partial charge in [0.05, 0.1) is 32.1 Å². The van der Waals surface area contributed by atoms with E-state index in [1.54, 1.807) is 24.3 Å². The van der Waals surface area contributed by atoms with Crippen LogP contribution >= 0.6 is 0 Å². The van der Waals surface area contributed by atoms with Crippen molar-refractivity contribution in [1.29, 1.82) is 0 Å². The first kappa shape index (κ1) is 27.9. The SMILES string of the molecule is Cc1ccc(S(=O)(=O)N/N=C\c2ccc(/C=N\NS(=O)(=O)c3ccc(C)c([N+](=O)[O-])c3)cc2)cc1[N+](=O)[O-]. The Labute approximate surface area is 217 Å². The average Bonchev–Trinajstić information content (AvgIpc) is 2.84. The van der Waals surface area contributed by atoms with Crippen LogP contribution in [0.3, 0.4) is 0 Å². The predicted octanol–water partition coefficient (Wildman–Crippen LogP) is 2.74. The topological polar surface area (TPSA) is 203 Å². The second kappa shape index (κ2) is 11.1. The van der Waals surface area contributed by atoms with Gasteiger partial charge in [0.2, 0.25) is 0 Å². The van der Waals surface area contributed by atoms with Crippen molar-refractivity contribution in [2.45, 2.75) is 23.6 Å². The van der Waals surface area contributed by atoms with Crippen LogP contribution in [0.5, 0.6) is 0 Å². The molecule has 14 nitrogen and oxygen atoms in total. The molecule has 3 aromatic rings. The zero-order valence-electron chi connectivity index (χ0n) is 19.8. The summed E-state index contributed by atoms with van der Waals surface area (Å²) in [5.74, 6) is 0. The Morgan fingerprint density at radius 2 is 1.00 bits per heavy atom. The summed E-state index contributed by atoms with van der Waals surface area (Å²) in [5.41, 5.74) is 0.911. The Kier molecular flexibility index (Phi) is 8.17. The Hall–Kier alpha value is -4.70. The van der Waals surface area contributed by atoms with Crippen molar-refractivity contribution in [3.8, 4) is 0 Å². The van der Waals surface area contributed by atoms with Gasteiger partial charge in [0.1, 0.15) is 0 Å². The fourth-order valence-corrected chi connectivity index (χ4v) is 4.64. The molecule has 2 N–H and O–H groups in total. The van der Waals surface area contributed by atoms with Crippen LogP contribution in [0.15, 0.2) is 80.7 Å². The van der Waals surface area contributed by atoms with Crippen molar-refractivity contribution < 1.29 is 26.7 Å². The van der Waals surface area contributed by atoms with Crippen LogP contribution in [0.4, 0.5) is 11.4 Å². The molecular weight excluding hydrogens is 540 g/mol. The van der Waals surface area contributed by atoms with E-state index >= 15 is 0 Å². The van der Waals surface area contributed by atoms with Gasteiger partial charge in [-0.05, 0) is 37.1 Å². The maximum atomic E-state index is 12.4. The summed E-state index contributed by atoms with van der Waals surface area (Å²) in [6.45, 7) is 2.98. The zero-order valence-corrected chi connectivity index (χ0v) is 21.4. The van der Waals surface area contributed by atoms with Crippen molar-refractivity contribution in [3.63, 3.8) is 0 Å². The molecule has 0 saturated carbocycles.